The lowest BCUT2D eigenvalue weighted by Gasteiger charge is -2.17. The Labute approximate surface area is 175 Å². The van der Waals surface area contributed by atoms with Gasteiger partial charge in [0, 0.05) is 6.04 Å². The first kappa shape index (κ1) is 21.1. The summed E-state index contributed by atoms with van der Waals surface area (Å²) in [6.45, 7) is 10.0. The highest BCUT2D eigenvalue weighted by Crippen LogP contribution is 2.22. The maximum atomic E-state index is 12.9. The van der Waals surface area contributed by atoms with E-state index in [2.05, 4.69) is 36.3 Å². The van der Waals surface area contributed by atoms with Gasteiger partial charge < -0.3 is 5.32 Å². The maximum absolute atomic E-state index is 12.9. The molecule has 0 aliphatic heterocycles. The van der Waals surface area contributed by atoms with Crippen LogP contribution >= 0.6 is 11.8 Å². The molecule has 29 heavy (non-hydrogen) atoms. The number of thioether (sulfide) groups is 1. The zero-order chi connectivity index (χ0) is 21.1. The molecule has 2 aromatic carbocycles. The van der Waals surface area contributed by atoms with Gasteiger partial charge in [-0.3, -0.25) is 14.2 Å². The zero-order valence-corrected chi connectivity index (χ0v) is 18.3. The van der Waals surface area contributed by atoms with Crippen molar-refractivity contribution in [1.82, 2.24) is 14.9 Å². The first-order chi connectivity index (χ1) is 13.8. The summed E-state index contributed by atoms with van der Waals surface area (Å²) in [5, 5.41) is 4.20. The van der Waals surface area contributed by atoms with E-state index in [1.165, 1.54) is 22.9 Å². The summed E-state index contributed by atoms with van der Waals surface area (Å²) in [6, 6.07) is 13.4. The molecule has 152 valence electrons. The van der Waals surface area contributed by atoms with Gasteiger partial charge in [-0.1, -0.05) is 42.1 Å². The molecule has 0 bridgehead atoms. The minimum atomic E-state index is -0.0848. The van der Waals surface area contributed by atoms with Gasteiger partial charge in [-0.2, -0.15) is 0 Å². The molecule has 0 saturated carbocycles. The highest BCUT2D eigenvalue weighted by Gasteiger charge is 2.16. The molecule has 3 rings (SSSR count). The molecule has 1 atom stereocenters. The Morgan fingerprint density at radius 1 is 1.10 bits per heavy atom. The molecule has 1 heterocycles. The summed E-state index contributed by atoms with van der Waals surface area (Å²) < 4.78 is 1.66. The minimum absolute atomic E-state index is 0.0420. The van der Waals surface area contributed by atoms with E-state index in [9.17, 15) is 9.59 Å². The smallest absolute Gasteiger partial charge is 0.262 e. The first-order valence-corrected chi connectivity index (χ1v) is 10.8. The number of carbonyl (C=O) groups excluding carboxylic acids is 1. The molecule has 0 fully saturated rings. The summed E-state index contributed by atoms with van der Waals surface area (Å²) in [5.74, 6) is 0.116. The molecule has 1 aromatic heterocycles. The van der Waals surface area contributed by atoms with Gasteiger partial charge in [-0.15, -0.1) is 0 Å². The van der Waals surface area contributed by atoms with Crippen LogP contribution in [0.25, 0.3) is 10.9 Å². The number of hydrogen-bond donors (Lipinski definition) is 1. The number of rotatable bonds is 6. The fourth-order valence-corrected chi connectivity index (χ4v) is 4.15. The van der Waals surface area contributed by atoms with Crippen molar-refractivity contribution in [2.75, 3.05) is 5.75 Å². The number of nitrogens with zero attached hydrogens (tertiary/aromatic N) is 2. The maximum Gasteiger partial charge on any atom is 0.262 e. The van der Waals surface area contributed by atoms with Crippen LogP contribution in [0.2, 0.25) is 0 Å². The number of aryl methyl sites for hydroxylation is 2. The minimum Gasteiger partial charge on any atom is -0.349 e. The fraction of sp³-hybridized carbons (Fsp3) is 0.348. The second-order valence-electron chi connectivity index (χ2n) is 7.60. The summed E-state index contributed by atoms with van der Waals surface area (Å²) in [5.41, 5.74) is 4.10. The Morgan fingerprint density at radius 2 is 1.83 bits per heavy atom. The van der Waals surface area contributed by atoms with Crippen molar-refractivity contribution < 1.29 is 4.79 Å². The number of para-hydroxylation sites is 1. The zero-order valence-electron chi connectivity index (χ0n) is 17.5. The number of benzene rings is 2. The molecule has 5 nitrogen and oxygen atoms in total. The number of fused-ring (bicyclic) bond motifs is 1. The van der Waals surface area contributed by atoms with E-state index in [0.29, 0.717) is 16.1 Å². The van der Waals surface area contributed by atoms with E-state index in [0.717, 1.165) is 5.56 Å². The average molecular weight is 410 g/mol. The first-order valence-electron chi connectivity index (χ1n) is 9.78. The van der Waals surface area contributed by atoms with Crippen molar-refractivity contribution in [2.45, 2.75) is 51.9 Å². The molecule has 0 radical (unpaired) electrons. The number of aromatic nitrogens is 2. The molecule has 1 unspecified atom stereocenters. The van der Waals surface area contributed by atoms with E-state index in [-0.39, 0.29) is 29.3 Å². The van der Waals surface area contributed by atoms with Gasteiger partial charge >= 0.3 is 0 Å². The lowest BCUT2D eigenvalue weighted by Crippen LogP contribution is -2.29. The third-order valence-electron chi connectivity index (χ3n) is 5.03. The molecule has 6 heteroatoms. The van der Waals surface area contributed by atoms with Crippen LogP contribution in [-0.2, 0) is 4.79 Å². The molecule has 0 saturated heterocycles. The van der Waals surface area contributed by atoms with E-state index in [1.54, 1.807) is 10.6 Å². The molecule has 0 spiro atoms. The van der Waals surface area contributed by atoms with E-state index in [4.69, 9.17) is 0 Å². The third kappa shape index (κ3) is 4.70. The molecule has 1 amide bonds. The molecule has 0 aliphatic carbocycles. The van der Waals surface area contributed by atoms with Crippen LogP contribution in [0.4, 0.5) is 0 Å². The Morgan fingerprint density at radius 3 is 2.52 bits per heavy atom. The molecule has 3 aromatic rings. The Balaban J connectivity index is 1.76. The van der Waals surface area contributed by atoms with Crippen molar-refractivity contribution in [3.63, 3.8) is 0 Å². The van der Waals surface area contributed by atoms with Gasteiger partial charge in [-0.05, 0) is 63.4 Å². The van der Waals surface area contributed by atoms with Crippen LogP contribution < -0.4 is 10.9 Å². The SMILES string of the molecule is Cc1ccc(C(C)NC(=O)CSc2nc3ccccc3c(=O)n2C(C)C)cc1C. The van der Waals surface area contributed by atoms with Gasteiger partial charge in [0.05, 0.1) is 22.7 Å². The van der Waals surface area contributed by atoms with Crippen LogP contribution in [0.5, 0.6) is 0 Å². The summed E-state index contributed by atoms with van der Waals surface area (Å²) in [7, 11) is 0. The van der Waals surface area contributed by atoms with Gasteiger partial charge in [0.2, 0.25) is 5.91 Å². The summed E-state index contributed by atoms with van der Waals surface area (Å²) >= 11 is 1.30. The van der Waals surface area contributed by atoms with Crippen LogP contribution in [0.1, 0.15) is 49.5 Å². The number of hydrogen-bond acceptors (Lipinski definition) is 4. The third-order valence-corrected chi connectivity index (χ3v) is 5.99. The summed E-state index contributed by atoms with van der Waals surface area (Å²) in [4.78, 5) is 30.0. The van der Waals surface area contributed by atoms with Crippen molar-refractivity contribution in [3.8, 4) is 0 Å². The van der Waals surface area contributed by atoms with Crippen molar-refractivity contribution in [2.24, 2.45) is 0 Å². The summed E-state index contributed by atoms with van der Waals surface area (Å²) in [6.07, 6.45) is 0. The van der Waals surface area contributed by atoms with Gasteiger partial charge in [0.25, 0.3) is 5.56 Å². The van der Waals surface area contributed by atoms with Crippen LogP contribution in [0, 0.1) is 13.8 Å². The predicted octanol–water partition coefficient (Wildman–Crippen LogP) is 4.56. The average Bonchev–Trinajstić information content (AvgIpc) is 2.68. The van der Waals surface area contributed by atoms with Gasteiger partial charge in [0.1, 0.15) is 0 Å². The van der Waals surface area contributed by atoms with Gasteiger partial charge in [-0.25, -0.2) is 4.98 Å². The van der Waals surface area contributed by atoms with Crippen LogP contribution in [0.3, 0.4) is 0 Å². The number of carbonyl (C=O) groups is 1. The standard InChI is InChI=1S/C23H27N3O2S/c1-14(2)26-22(28)19-8-6-7-9-20(19)25-23(26)29-13-21(27)24-17(5)18-11-10-15(3)16(4)12-18/h6-12,14,17H,13H2,1-5H3,(H,24,27). The largest absolute Gasteiger partial charge is 0.349 e. The van der Waals surface area contributed by atoms with E-state index >= 15 is 0 Å². The number of amides is 1. The Bertz CT molecular complexity index is 1100. The second kappa shape index (κ2) is 8.82. The van der Waals surface area contributed by atoms with E-state index in [1.807, 2.05) is 45.0 Å². The molecular formula is C23H27N3O2S. The number of nitrogens with one attached hydrogen (secondary N) is 1. The molecule has 0 aliphatic rings. The Kier molecular flexibility index (Phi) is 6.42. The normalized spacial score (nSPS) is 12.3. The quantitative estimate of drug-likeness (QED) is 0.479. The lowest BCUT2D eigenvalue weighted by atomic mass is 10.0. The lowest BCUT2D eigenvalue weighted by molar-refractivity contribution is -0.119. The molecular weight excluding hydrogens is 382 g/mol. The van der Waals surface area contributed by atoms with Crippen molar-refractivity contribution in [3.05, 3.63) is 69.5 Å². The highest BCUT2D eigenvalue weighted by molar-refractivity contribution is 7.99. The van der Waals surface area contributed by atoms with Crippen LogP contribution in [0.15, 0.2) is 52.4 Å². The fourth-order valence-electron chi connectivity index (χ4n) is 3.21. The monoisotopic (exact) mass is 409 g/mol. The topological polar surface area (TPSA) is 64.0 Å². The van der Waals surface area contributed by atoms with Crippen molar-refractivity contribution >= 4 is 28.6 Å². The molecule has 1 N–H and O–H groups in total. The second-order valence-corrected chi connectivity index (χ2v) is 8.54. The van der Waals surface area contributed by atoms with E-state index < -0.39 is 0 Å². The highest BCUT2D eigenvalue weighted by atomic mass is 32.2. The van der Waals surface area contributed by atoms with Crippen molar-refractivity contribution in [1.29, 1.82) is 0 Å². The predicted molar refractivity (Wildman–Crippen MR) is 120 cm³/mol. The Hall–Kier alpha value is -2.60. The van der Waals surface area contributed by atoms with Gasteiger partial charge in [0.15, 0.2) is 5.16 Å². The van der Waals surface area contributed by atoms with Crippen LogP contribution in [-0.4, -0.2) is 21.2 Å².